The Hall–Kier alpha value is -2.37. The zero-order valence-electron chi connectivity index (χ0n) is 11.8. The van der Waals surface area contributed by atoms with E-state index in [-0.39, 0.29) is 16.7 Å². The Morgan fingerprint density at radius 3 is 1.65 bits per heavy atom. The minimum atomic E-state index is -1.10. The third-order valence-corrected chi connectivity index (χ3v) is 2.30. The SMILES string of the molecule is C=C(C(=O)O)C(C)C=C(CC)C(=O)O.C=C(C)C(=O)O. The van der Waals surface area contributed by atoms with Crippen LogP contribution in [0.4, 0.5) is 0 Å². The van der Waals surface area contributed by atoms with Crippen molar-refractivity contribution in [3.63, 3.8) is 0 Å². The van der Waals surface area contributed by atoms with Gasteiger partial charge in [0.15, 0.2) is 0 Å². The van der Waals surface area contributed by atoms with Crippen LogP contribution >= 0.6 is 0 Å². The third-order valence-electron chi connectivity index (χ3n) is 2.30. The van der Waals surface area contributed by atoms with Crippen LogP contribution in [-0.2, 0) is 14.4 Å². The number of allylic oxidation sites excluding steroid dienone is 1. The Morgan fingerprint density at radius 2 is 1.45 bits per heavy atom. The van der Waals surface area contributed by atoms with E-state index in [1.165, 1.54) is 13.0 Å². The van der Waals surface area contributed by atoms with Gasteiger partial charge in [0.25, 0.3) is 0 Å². The zero-order chi connectivity index (χ0) is 16.5. The predicted octanol–water partition coefficient (Wildman–Crippen LogP) is 2.33. The van der Waals surface area contributed by atoms with Crippen LogP contribution in [0.25, 0.3) is 0 Å². The van der Waals surface area contributed by atoms with Crippen molar-refractivity contribution in [2.75, 3.05) is 0 Å². The number of hydrogen-bond donors (Lipinski definition) is 3. The highest BCUT2D eigenvalue weighted by Gasteiger charge is 2.13. The summed E-state index contributed by atoms with van der Waals surface area (Å²) in [5, 5.41) is 25.2. The summed E-state index contributed by atoms with van der Waals surface area (Å²) in [6.45, 7) is 11.3. The van der Waals surface area contributed by atoms with Crippen LogP contribution in [0.15, 0.2) is 36.0 Å². The molecule has 0 rings (SSSR count). The maximum absolute atomic E-state index is 10.6. The molecule has 0 fully saturated rings. The van der Waals surface area contributed by atoms with Crippen LogP contribution in [0.3, 0.4) is 0 Å². The van der Waals surface area contributed by atoms with Gasteiger partial charge in [-0.15, -0.1) is 0 Å². The van der Waals surface area contributed by atoms with Gasteiger partial charge in [0.1, 0.15) is 0 Å². The summed E-state index contributed by atoms with van der Waals surface area (Å²) in [4.78, 5) is 30.7. The highest BCUT2D eigenvalue weighted by atomic mass is 16.4. The average Bonchev–Trinajstić information content (AvgIpc) is 2.34. The lowest BCUT2D eigenvalue weighted by atomic mass is 9.99. The fourth-order valence-corrected chi connectivity index (χ4v) is 0.937. The first-order chi connectivity index (χ1) is 9.04. The lowest BCUT2D eigenvalue weighted by Crippen LogP contribution is -2.09. The molecule has 3 N–H and O–H groups in total. The first-order valence-electron chi connectivity index (χ1n) is 5.79. The largest absolute Gasteiger partial charge is 0.478 e. The Labute approximate surface area is 117 Å². The van der Waals surface area contributed by atoms with Crippen LogP contribution in [0.1, 0.15) is 27.2 Å². The normalized spacial score (nSPS) is 11.7. The standard InChI is InChI=1S/C10H14O4.C4H6O2/c1-4-8(10(13)14)5-6(2)7(3)9(11)12;1-3(2)4(5)6/h5-6H,3-4H2,1-2H3,(H,11,12)(H,13,14);1H2,2H3,(H,5,6). The molecule has 0 heterocycles. The molecule has 0 aromatic carbocycles. The lowest BCUT2D eigenvalue weighted by molar-refractivity contribution is -0.134. The van der Waals surface area contributed by atoms with Crippen LogP contribution in [0, 0.1) is 5.92 Å². The van der Waals surface area contributed by atoms with E-state index >= 15 is 0 Å². The molecule has 6 heteroatoms. The molecule has 0 aromatic heterocycles. The monoisotopic (exact) mass is 284 g/mol. The molecular formula is C14H20O6. The minimum absolute atomic E-state index is 0.00259. The summed E-state index contributed by atoms with van der Waals surface area (Å²) < 4.78 is 0. The van der Waals surface area contributed by atoms with Crippen molar-refractivity contribution in [3.8, 4) is 0 Å². The molecule has 1 unspecified atom stereocenters. The topological polar surface area (TPSA) is 112 Å². The smallest absolute Gasteiger partial charge is 0.331 e. The Bertz CT molecular complexity index is 433. The van der Waals surface area contributed by atoms with E-state index in [0.29, 0.717) is 6.42 Å². The fraction of sp³-hybridized carbons (Fsp3) is 0.357. The van der Waals surface area contributed by atoms with E-state index in [1.54, 1.807) is 13.8 Å². The van der Waals surface area contributed by atoms with Gasteiger partial charge in [-0.2, -0.15) is 0 Å². The van der Waals surface area contributed by atoms with Crippen molar-refractivity contribution in [2.24, 2.45) is 5.92 Å². The molecular weight excluding hydrogens is 264 g/mol. The van der Waals surface area contributed by atoms with Gasteiger partial charge in [-0.05, 0) is 13.3 Å². The van der Waals surface area contributed by atoms with Crippen molar-refractivity contribution >= 4 is 17.9 Å². The molecule has 0 bridgehead atoms. The molecule has 6 nitrogen and oxygen atoms in total. The molecule has 0 saturated carbocycles. The molecule has 1 atom stereocenters. The van der Waals surface area contributed by atoms with Crippen molar-refractivity contribution < 1.29 is 29.7 Å². The van der Waals surface area contributed by atoms with Gasteiger partial charge in [-0.3, -0.25) is 0 Å². The second-order valence-corrected chi connectivity index (χ2v) is 4.06. The van der Waals surface area contributed by atoms with Gasteiger partial charge < -0.3 is 15.3 Å². The highest BCUT2D eigenvalue weighted by molar-refractivity contribution is 5.89. The number of hydrogen-bond acceptors (Lipinski definition) is 3. The van der Waals surface area contributed by atoms with Gasteiger partial charge in [0.05, 0.1) is 0 Å². The Balaban J connectivity index is 0. The lowest BCUT2D eigenvalue weighted by Gasteiger charge is -2.07. The van der Waals surface area contributed by atoms with Gasteiger partial charge in [-0.1, -0.05) is 33.1 Å². The van der Waals surface area contributed by atoms with Crippen molar-refractivity contribution in [1.82, 2.24) is 0 Å². The quantitative estimate of drug-likeness (QED) is 0.645. The molecule has 20 heavy (non-hydrogen) atoms. The first-order valence-corrected chi connectivity index (χ1v) is 5.79. The van der Waals surface area contributed by atoms with Gasteiger partial charge >= 0.3 is 17.9 Å². The van der Waals surface area contributed by atoms with Crippen molar-refractivity contribution in [1.29, 1.82) is 0 Å². The molecule has 0 aliphatic heterocycles. The highest BCUT2D eigenvalue weighted by Crippen LogP contribution is 2.14. The summed E-state index contributed by atoms with van der Waals surface area (Å²) in [6, 6.07) is 0. The number of aliphatic carboxylic acids is 3. The molecule has 112 valence electrons. The van der Waals surface area contributed by atoms with Crippen LogP contribution < -0.4 is 0 Å². The minimum Gasteiger partial charge on any atom is -0.478 e. The zero-order valence-corrected chi connectivity index (χ0v) is 11.8. The first kappa shape index (κ1) is 20.0. The maximum Gasteiger partial charge on any atom is 0.331 e. The van der Waals surface area contributed by atoms with Crippen molar-refractivity contribution in [2.45, 2.75) is 27.2 Å². The summed E-state index contributed by atoms with van der Waals surface area (Å²) in [7, 11) is 0. The second-order valence-electron chi connectivity index (χ2n) is 4.06. The Kier molecular flexibility index (Phi) is 9.53. The van der Waals surface area contributed by atoms with Gasteiger partial charge in [0.2, 0.25) is 0 Å². The molecule has 0 spiro atoms. The molecule has 0 amide bonds. The molecule has 0 aliphatic carbocycles. The molecule has 0 aromatic rings. The van der Waals surface area contributed by atoms with Crippen molar-refractivity contribution in [3.05, 3.63) is 36.0 Å². The number of carboxylic acids is 3. The fourth-order valence-electron chi connectivity index (χ4n) is 0.937. The van der Waals surface area contributed by atoms with E-state index in [9.17, 15) is 14.4 Å². The van der Waals surface area contributed by atoms with E-state index in [0.717, 1.165) is 0 Å². The van der Waals surface area contributed by atoms with E-state index in [2.05, 4.69) is 13.2 Å². The molecule has 0 radical (unpaired) electrons. The van der Waals surface area contributed by atoms with Crippen LogP contribution in [0.2, 0.25) is 0 Å². The number of rotatable bonds is 6. The van der Waals surface area contributed by atoms with Gasteiger partial charge in [0, 0.05) is 22.6 Å². The van der Waals surface area contributed by atoms with Gasteiger partial charge in [-0.25, -0.2) is 14.4 Å². The van der Waals surface area contributed by atoms with E-state index < -0.39 is 23.8 Å². The predicted molar refractivity (Wildman–Crippen MR) is 74.4 cm³/mol. The van der Waals surface area contributed by atoms with Crippen LogP contribution in [0.5, 0.6) is 0 Å². The summed E-state index contributed by atoms with van der Waals surface area (Å²) >= 11 is 0. The van der Waals surface area contributed by atoms with Crippen LogP contribution in [-0.4, -0.2) is 33.2 Å². The summed E-state index contributed by atoms with van der Waals surface area (Å²) in [5.41, 5.74) is 0.382. The molecule has 0 aliphatic rings. The summed E-state index contributed by atoms with van der Waals surface area (Å²) in [6.07, 6.45) is 1.78. The maximum atomic E-state index is 10.6. The second kappa shape index (κ2) is 9.55. The third kappa shape index (κ3) is 8.68. The Morgan fingerprint density at radius 1 is 1.05 bits per heavy atom. The number of carboxylic acid groups (broad SMARTS) is 3. The average molecular weight is 284 g/mol. The number of carbonyl (C=O) groups is 3. The molecule has 0 saturated heterocycles. The summed E-state index contributed by atoms with van der Waals surface area (Å²) in [5.74, 6) is -3.51. The van der Waals surface area contributed by atoms with E-state index in [4.69, 9.17) is 15.3 Å². The van der Waals surface area contributed by atoms with E-state index in [1.807, 2.05) is 0 Å².